The second-order valence-electron chi connectivity index (χ2n) is 41.5. The lowest BCUT2D eigenvalue weighted by atomic mass is 9.81. The summed E-state index contributed by atoms with van der Waals surface area (Å²) < 4.78 is 12.4. The molecule has 0 amide bonds. The second kappa shape index (κ2) is 28.6. The van der Waals surface area contributed by atoms with E-state index in [2.05, 4.69) is 469 Å². The lowest BCUT2D eigenvalue weighted by Crippen LogP contribution is -2.19. The predicted molar refractivity (Wildman–Crippen MR) is 561 cm³/mol. The highest BCUT2D eigenvalue weighted by Crippen LogP contribution is 2.61. The lowest BCUT2D eigenvalue weighted by Gasteiger charge is -2.31. The van der Waals surface area contributed by atoms with Crippen LogP contribution in [0.3, 0.4) is 0 Å². The van der Waals surface area contributed by atoms with Gasteiger partial charge in [0.25, 0.3) is 0 Å². The summed E-state index contributed by atoms with van der Waals surface area (Å²) in [5.41, 5.74) is 51.6. The second-order valence-corrected chi connectivity index (χ2v) is 41.5. The van der Waals surface area contributed by atoms with Crippen molar-refractivity contribution >= 4 is 88.8 Å². The standard InChI is InChI=1S/C67H51NO.C63H49NO/c1-65(2)57-17-11-9-15-49(57)52-29-24-46(37-60(52)65)68(47-25-30-53-50-27-21-44(35-58(50)66(3,4)61(53)38-47)42-20-19-40-13-7-8-14-41(40)33-42)48-26-31-54-51-28-22-45(36-59(51)67(5,6)62(54)39-48)43-23-32-64-56(34-43)55-16-10-12-18-63(55)69-64;1-61(2)53-18-12-10-16-45(53)48-28-23-42(35-56(48)61)64(43-24-29-49-46-26-20-40(38-14-8-7-9-15-38)33-54(46)62(3,4)57(49)36-43)44-25-30-50-47-27-21-41(34-55(47)63(5,6)58(50)37-44)39-22-31-60-52(32-39)51-17-11-13-19-59(51)65-60/h7-39H,1-6H3;7-37H,1-6H3. The molecule has 0 saturated carbocycles. The minimum atomic E-state index is -0.235. The van der Waals surface area contributed by atoms with Crippen LogP contribution in [-0.2, 0) is 32.5 Å². The zero-order valence-corrected chi connectivity index (χ0v) is 77.7. The van der Waals surface area contributed by atoms with E-state index in [1.165, 1.54) is 206 Å². The molecule has 6 aliphatic rings. The van der Waals surface area contributed by atoms with Crippen LogP contribution in [0.5, 0.6) is 0 Å². The number of hydrogen-bond donors (Lipinski definition) is 0. The molecule has 0 spiro atoms. The molecular formula is C130H100N2O2. The third-order valence-electron chi connectivity index (χ3n) is 31.9. The molecule has 21 aromatic rings. The first-order valence-corrected chi connectivity index (χ1v) is 47.6. The molecule has 27 rings (SSSR count). The Morgan fingerprint density at radius 2 is 0.381 bits per heavy atom. The fourth-order valence-corrected chi connectivity index (χ4v) is 24.5. The molecule has 0 saturated heterocycles. The van der Waals surface area contributed by atoms with Gasteiger partial charge in [0.15, 0.2) is 0 Å². The van der Waals surface area contributed by atoms with Crippen LogP contribution in [0.15, 0.2) is 397 Å². The fourth-order valence-electron chi connectivity index (χ4n) is 24.5. The molecule has 4 nitrogen and oxygen atoms in total. The van der Waals surface area contributed by atoms with Gasteiger partial charge in [0.1, 0.15) is 22.3 Å². The van der Waals surface area contributed by atoms with Gasteiger partial charge in [0.05, 0.1) is 0 Å². The number of hydrogen-bond acceptors (Lipinski definition) is 4. The fraction of sp³-hybridized carbons (Fsp3) is 0.138. The lowest BCUT2D eigenvalue weighted by molar-refractivity contribution is 0.659. The van der Waals surface area contributed by atoms with Crippen LogP contribution in [0.2, 0.25) is 0 Å². The first-order chi connectivity index (χ1) is 64.9. The number of fused-ring (bicyclic) bond motifs is 25. The molecule has 0 unspecified atom stereocenters. The van der Waals surface area contributed by atoms with Gasteiger partial charge in [-0.1, -0.05) is 332 Å². The molecule has 0 radical (unpaired) electrons. The Hall–Kier alpha value is -15.4. The summed E-state index contributed by atoms with van der Waals surface area (Å²) in [5, 5.41) is 7.14. The zero-order chi connectivity index (χ0) is 90.5. The van der Waals surface area contributed by atoms with Gasteiger partial charge in [0, 0.05) is 88.2 Å². The topological polar surface area (TPSA) is 32.8 Å². The monoisotopic (exact) mass is 1720 g/mol. The Balaban J connectivity index is 0.000000140. The third-order valence-corrected chi connectivity index (χ3v) is 31.9. The molecule has 6 aliphatic carbocycles. The minimum absolute atomic E-state index is 0.125. The van der Waals surface area contributed by atoms with E-state index < -0.39 is 0 Å². The maximum Gasteiger partial charge on any atom is 0.135 e. The van der Waals surface area contributed by atoms with Crippen molar-refractivity contribution in [3.8, 4) is 111 Å². The van der Waals surface area contributed by atoms with Gasteiger partial charge in [-0.3, -0.25) is 0 Å². The number of benzene rings is 19. The van der Waals surface area contributed by atoms with Crippen LogP contribution in [0.4, 0.5) is 34.1 Å². The summed E-state index contributed by atoms with van der Waals surface area (Å²) in [6, 6.07) is 146. The highest BCUT2D eigenvalue weighted by atomic mass is 16.3. The molecule has 0 N–H and O–H groups in total. The van der Waals surface area contributed by atoms with E-state index in [4.69, 9.17) is 8.83 Å². The average molecular weight is 1720 g/mol. The molecule has 0 fully saturated rings. The van der Waals surface area contributed by atoms with E-state index in [1.807, 2.05) is 12.1 Å². The Bertz CT molecular complexity index is 8650. The van der Waals surface area contributed by atoms with E-state index in [-0.39, 0.29) is 32.5 Å². The largest absolute Gasteiger partial charge is 0.456 e. The zero-order valence-electron chi connectivity index (χ0n) is 77.7. The number of para-hydroxylation sites is 2. The summed E-state index contributed by atoms with van der Waals surface area (Å²) in [7, 11) is 0. The van der Waals surface area contributed by atoms with Gasteiger partial charge in [0.2, 0.25) is 0 Å². The first-order valence-electron chi connectivity index (χ1n) is 47.6. The molecular weight excluding hydrogens is 1620 g/mol. The van der Waals surface area contributed by atoms with Gasteiger partial charge in [-0.05, 0) is 328 Å². The molecule has 2 aromatic heterocycles. The van der Waals surface area contributed by atoms with E-state index in [1.54, 1.807) is 0 Å². The summed E-state index contributed by atoms with van der Waals surface area (Å²) >= 11 is 0. The SMILES string of the molecule is CC1(C)c2ccccc2-c2ccc(N(c3ccc4c(c3)C(C)(C)c3cc(-c5ccc6ccccc6c5)ccc3-4)c3ccc4c(c3)C(C)(C)c3cc(-c5ccc6oc7ccccc7c6c5)ccc3-4)cc21.CC1(C)c2ccccc2-c2ccc(N(c3ccc4c(c3)C(C)(C)c3cc(-c5ccccc5)ccc3-4)c3ccc4c(c3)C(C)(C)c3cc(-c5ccc6oc7ccccc7c6c5)ccc3-4)cc21. The Kier molecular flexibility index (Phi) is 17.0. The molecule has 4 heteroatoms. The smallest absolute Gasteiger partial charge is 0.135 e. The van der Waals surface area contributed by atoms with Crippen molar-refractivity contribution in [3.63, 3.8) is 0 Å². The molecule has 2 heterocycles. The Morgan fingerprint density at radius 1 is 0.149 bits per heavy atom. The van der Waals surface area contributed by atoms with Crippen LogP contribution in [-0.4, -0.2) is 0 Å². The maximum absolute atomic E-state index is 6.21. The van der Waals surface area contributed by atoms with Crippen molar-refractivity contribution in [2.24, 2.45) is 0 Å². The van der Waals surface area contributed by atoms with Gasteiger partial charge in [-0.2, -0.15) is 0 Å². The van der Waals surface area contributed by atoms with Crippen LogP contribution < -0.4 is 9.80 Å². The number of rotatable bonds is 10. The normalized spacial score (nSPS) is 15.2. The van der Waals surface area contributed by atoms with E-state index >= 15 is 0 Å². The van der Waals surface area contributed by atoms with E-state index in [0.717, 1.165) is 60.9 Å². The van der Waals surface area contributed by atoms with Crippen LogP contribution in [0.25, 0.3) is 166 Å². The molecule has 0 aliphatic heterocycles. The molecule has 0 bridgehead atoms. The van der Waals surface area contributed by atoms with Gasteiger partial charge in [-0.25, -0.2) is 0 Å². The average Bonchev–Trinajstić information content (AvgIpc) is 1.53. The van der Waals surface area contributed by atoms with Crippen molar-refractivity contribution in [2.75, 3.05) is 9.80 Å². The molecule has 134 heavy (non-hydrogen) atoms. The maximum atomic E-state index is 6.21. The molecule has 19 aromatic carbocycles. The quantitative estimate of drug-likeness (QED) is 0.137. The highest BCUT2D eigenvalue weighted by Gasteiger charge is 2.44. The number of furan rings is 2. The van der Waals surface area contributed by atoms with Crippen molar-refractivity contribution in [1.82, 2.24) is 0 Å². The highest BCUT2D eigenvalue weighted by molar-refractivity contribution is 6.08. The predicted octanol–water partition coefficient (Wildman–Crippen LogP) is 35.8. The van der Waals surface area contributed by atoms with Crippen LogP contribution in [0.1, 0.15) is 150 Å². The summed E-state index contributed by atoms with van der Waals surface area (Å²) in [5.74, 6) is 0. The van der Waals surface area contributed by atoms with Gasteiger partial charge >= 0.3 is 0 Å². The van der Waals surface area contributed by atoms with E-state index in [0.29, 0.717) is 0 Å². The summed E-state index contributed by atoms with van der Waals surface area (Å²) in [6.45, 7) is 28.7. The minimum Gasteiger partial charge on any atom is -0.456 e. The Morgan fingerprint density at radius 3 is 0.731 bits per heavy atom. The number of nitrogens with zero attached hydrogens (tertiary/aromatic N) is 2. The van der Waals surface area contributed by atoms with Crippen molar-refractivity contribution < 1.29 is 8.83 Å². The van der Waals surface area contributed by atoms with Gasteiger partial charge in [-0.15, -0.1) is 0 Å². The van der Waals surface area contributed by atoms with Crippen molar-refractivity contribution in [1.29, 1.82) is 0 Å². The van der Waals surface area contributed by atoms with Crippen LogP contribution in [0, 0.1) is 0 Å². The first kappa shape index (κ1) is 79.6. The van der Waals surface area contributed by atoms with E-state index in [9.17, 15) is 0 Å². The van der Waals surface area contributed by atoms with Crippen molar-refractivity contribution in [3.05, 3.63) is 455 Å². The third kappa shape index (κ3) is 11.7. The van der Waals surface area contributed by atoms with Crippen molar-refractivity contribution in [2.45, 2.75) is 116 Å². The number of anilines is 6. The Labute approximate surface area is 783 Å². The molecule has 642 valence electrons. The molecule has 0 atom stereocenters. The summed E-state index contributed by atoms with van der Waals surface area (Å²) in [4.78, 5) is 5.04. The van der Waals surface area contributed by atoms with Gasteiger partial charge < -0.3 is 18.6 Å². The van der Waals surface area contributed by atoms with Crippen LogP contribution >= 0.6 is 0 Å². The summed E-state index contributed by atoms with van der Waals surface area (Å²) in [6.07, 6.45) is 0.